The van der Waals surface area contributed by atoms with Crippen molar-refractivity contribution < 1.29 is 14.6 Å². The number of rotatable bonds is 6. The van der Waals surface area contributed by atoms with Crippen LogP contribution in [0.25, 0.3) is 0 Å². The van der Waals surface area contributed by atoms with Gasteiger partial charge in [-0.05, 0) is 36.6 Å². The summed E-state index contributed by atoms with van der Waals surface area (Å²) in [5.74, 6) is 0.686. The van der Waals surface area contributed by atoms with Crippen molar-refractivity contribution in [3.05, 3.63) is 35.9 Å². The summed E-state index contributed by atoms with van der Waals surface area (Å²) in [6, 6.07) is 5.14. The van der Waals surface area contributed by atoms with Crippen molar-refractivity contribution in [3.63, 3.8) is 0 Å². The van der Waals surface area contributed by atoms with E-state index in [4.69, 9.17) is 4.74 Å². The number of ether oxygens (including phenoxy) is 1. The van der Waals surface area contributed by atoms with E-state index in [-0.39, 0.29) is 11.5 Å². The van der Waals surface area contributed by atoms with E-state index in [0.29, 0.717) is 18.6 Å². The third kappa shape index (κ3) is 7.76. The zero-order chi connectivity index (χ0) is 14.7. The van der Waals surface area contributed by atoms with Crippen LogP contribution in [0.2, 0.25) is 0 Å². The molecule has 0 unspecified atom stereocenters. The van der Waals surface area contributed by atoms with Crippen LogP contribution in [0.5, 0.6) is 11.5 Å². The minimum atomic E-state index is 0.119. The Morgan fingerprint density at radius 3 is 2.68 bits per heavy atom. The van der Waals surface area contributed by atoms with E-state index in [9.17, 15) is 9.90 Å². The third-order valence-corrected chi connectivity index (χ3v) is 2.44. The van der Waals surface area contributed by atoms with Gasteiger partial charge < -0.3 is 9.84 Å². The zero-order valence-corrected chi connectivity index (χ0v) is 15.3. The minimum Gasteiger partial charge on any atom is -0.504 e. The maximum atomic E-state index is 11.4. The number of phenolic OH excluding ortho intramolecular Hbond substituents is 1. The van der Waals surface area contributed by atoms with Crippen LogP contribution in [0.4, 0.5) is 0 Å². The number of ketones is 1. The average Bonchev–Trinajstić information content (AvgIpc) is 2.46. The van der Waals surface area contributed by atoms with Crippen LogP contribution < -0.4 is 4.74 Å². The second kappa shape index (κ2) is 11.5. The van der Waals surface area contributed by atoms with E-state index in [2.05, 4.69) is 37.2 Å². The Labute approximate surface area is 137 Å². The number of phenols is 1. The normalized spacial score (nSPS) is 9.89. The van der Waals surface area contributed by atoms with E-state index in [1.807, 2.05) is 13.0 Å². The van der Waals surface area contributed by atoms with Crippen LogP contribution in [-0.2, 0) is 11.2 Å². The molecule has 0 aromatic heterocycles. The fourth-order valence-electron chi connectivity index (χ4n) is 1.48. The Bertz CT molecular complexity index is 417. The lowest BCUT2D eigenvalue weighted by Crippen LogP contribution is -1.96. The lowest BCUT2D eigenvalue weighted by atomic mass is 10.1. The standard InChI is InChI=1S/C14H18O3.I2/c1-3-4-5-12(15)8-6-11-7-9-13(16)14(10-11)17-2;1-2/h4-5,7,9-10,16H,3,6,8H2,1-2H3;/b5-4+;. The van der Waals surface area contributed by atoms with Gasteiger partial charge in [0.25, 0.3) is 0 Å². The van der Waals surface area contributed by atoms with Gasteiger partial charge >= 0.3 is 0 Å². The minimum absolute atomic E-state index is 0.119. The molecule has 0 fully saturated rings. The molecule has 0 aliphatic carbocycles. The first-order chi connectivity index (χ1) is 9.17. The summed E-state index contributed by atoms with van der Waals surface area (Å²) in [7, 11) is 1.51. The van der Waals surface area contributed by atoms with E-state index in [0.717, 1.165) is 12.0 Å². The Kier molecular flexibility index (Phi) is 11.3. The summed E-state index contributed by atoms with van der Waals surface area (Å²) in [6.45, 7) is 1.99. The maximum Gasteiger partial charge on any atom is 0.160 e. The first-order valence-electron chi connectivity index (χ1n) is 5.87. The molecule has 0 radical (unpaired) electrons. The number of hydrogen-bond acceptors (Lipinski definition) is 3. The molecule has 0 saturated heterocycles. The van der Waals surface area contributed by atoms with E-state index >= 15 is 0 Å². The molecular formula is C14H18I2O3. The highest BCUT2D eigenvalue weighted by atomic mass is 128. The van der Waals surface area contributed by atoms with Crippen LogP contribution in [0, 0.1) is 0 Å². The largest absolute Gasteiger partial charge is 0.504 e. The molecule has 1 aromatic rings. The van der Waals surface area contributed by atoms with Gasteiger partial charge in [0.1, 0.15) is 0 Å². The molecule has 5 heteroatoms. The SMILES string of the molecule is CC/C=C/C(=O)CCc1ccc(O)c(OC)c1.II. The fourth-order valence-corrected chi connectivity index (χ4v) is 1.48. The highest BCUT2D eigenvalue weighted by molar-refractivity contribution is 15.0. The molecule has 1 aromatic carbocycles. The van der Waals surface area contributed by atoms with Crippen LogP contribution in [0.15, 0.2) is 30.4 Å². The molecule has 19 heavy (non-hydrogen) atoms. The molecule has 0 aliphatic heterocycles. The summed E-state index contributed by atoms with van der Waals surface area (Å²) < 4.78 is 5.01. The van der Waals surface area contributed by atoms with Gasteiger partial charge in [-0.1, -0.05) is 19.1 Å². The number of carbonyl (C=O) groups excluding carboxylic acids is 1. The quantitative estimate of drug-likeness (QED) is 0.469. The van der Waals surface area contributed by atoms with E-state index in [1.54, 1.807) is 24.3 Å². The molecule has 0 atom stereocenters. The fraction of sp³-hybridized carbons (Fsp3) is 0.357. The van der Waals surface area contributed by atoms with Crippen LogP contribution in [-0.4, -0.2) is 18.0 Å². The number of carbonyl (C=O) groups is 1. The summed E-state index contributed by atoms with van der Waals surface area (Å²) >= 11 is 4.24. The smallest absolute Gasteiger partial charge is 0.160 e. The number of halogens is 2. The highest BCUT2D eigenvalue weighted by Crippen LogP contribution is 2.26. The summed E-state index contributed by atoms with van der Waals surface area (Å²) in [4.78, 5) is 11.4. The molecule has 1 rings (SSSR count). The molecule has 0 spiro atoms. The van der Waals surface area contributed by atoms with Gasteiger partial charge in [0, 0.05) is 43.7 Å². The molecule has 3 nitrogen and oxygen atoms in total. The first kappa shape index (κ1) is 18.7. The van der Waals surface area contributed by atoms with E-state index in [1.165, 1.54) is 7.11 Å². The topological polar surface area (TPSA) is 46.5 Å². The maximum absolute atomic E-state index is 11.4. The van der Waals surface area contributed by atoms with Crippen molar-refractivity contribution in [1.29, 1.82) is 0 Å². The van der Waals surface area contributed by atoms with Crippen LogP contribution in [0.1, 0.15) is 25.3 Å². The molecular weight excluding hydrogens is 470 g/mol. The number of hydrogen-bond donors (Lipinski definition) is 1. The molecule has 0 amide bonds. The van der Waals surface area contributed by atoms with Gasteiger partial charge in [0.05, 0.1) is 7.11 Å². The lowest BCUT2D eigenvalue weighted by Gasteiger charge is -2.05. The molecule has 0 heterocycles. The Balaban J connectivity index is 0.00000154. The number of aryl methyl sites for hydroxylation is 1. The second-order valence-electron chi connectivity index (χ2n) is 3.78. The Hall–Kier alpha value is -0.310. The van der Waals surface area contributed by atoms with Crippen molar-refractivity contribution in [1.82, 2.24) is 0 Å². The third-order valence-electron chi connectivity index (χ3n) is 2.44. The number of allylic oxidation sites excluding steroid dienone is 2. The predicted octanol–water partition coefficient (Wildman–Crippen LogP) is 4.64. The van der Waals surface area contributed by atoms with Gasteiger partial charge in [-0.25, -0.2) is 0 Å². The van der Waals surface area contributed by atoms with Crippen LogP contribution >= 0.6 is 37.2 Å². The summed E-state index contributed by atoms with van der Waals surface area (Å²) in [5.41, 5.74) is 0.984. The van der Waals surface area contributed by atoms with E-state index < -0.39 is 0 Å². The molecule has 0 aliphatic rings. The van der Waals surface area contributed by atoms with Crippen molar-refractivity contribution in [3.8, 4) is 11.5 Å². The zero-order valence-electron chi connectivity index (χ0n) is 11.0. The molecule has 0 saturated carbocycles. The average molecular weight is 488 g/mol. The Morgan fingerprint density at radius 2 is 2.11 bits per heavy atom. The Morgan fingerprint density at radius 1 is 1.42 bits per heavy atom. The van der Waals surface area contributed by atoms with Gasteiger partial charge in [-0.2, -0.15) is 0 Å². The van der Waals surface area contributed by atoms with Gasteiger partial charge in [0.2, 0.25) is 0 Å². The number of methoxy groups -OCH3 is 1. The van der Waals surface area contributed by atoms with Crippen molar-refractivity contribution >= 4 is 43.0 Å². The summed E-state index contributed by atoms with van der Waals surface area (Å²) in [5, 5.41) is 9.43. The predicted molar refractivity (Wildman–Crippen MR) is 95.5 cm³/mol. The second-order valence-corrected chi connectivity index (χ2v) is 3.78. The molecule has 106 valence electrons. The molecule has 1 N–H and O–H groups in total. The number of benzene rings is 1. The molecule has 0 bridgehead atoms. The van der Waals surface area contributed by atoms with Crippen molar-refractivity contribution in [2.24, 2.45) is 0 Å². The van der Waals surface area contributed by atoms with Gasteiger partial charge in [-0.15, -0.1) is 0 Å². The summed E-state index contributed by atoms with van der Waals surface area (Å²) in [6.07, 6.45) is 5.49. The first-order valence-corrected chi connectivity index (χ1v) is 12.2. The van der Waals surface area contributed by atoms with Crippen LogP contribution in [0.3, 0.4) is 0 Å². The van der Waals surface area contributed by atoms with Crippen molar-refractivity contribution in [2.75, 3.05) is 7.11 Å². The van der Waals surface area contributed by atoms with Crippen molar-refractivity contribution in [2.45, 2.75) is 26.2 Å². The van der Waals surface area contributed by atoms with Gasteiger partial charge in [-0.3, -0.25) is 4.79 Å². The monoisotopic (exact) mass is 488 g/mol. The number of aromatic hydroxyl groups is 1. The lowest BCUT2D eigenvalue weighted by molar-refractivity contribution is -0.114. The highest BCUT2D eigenvalue weighted by Gasteiger charge is 2.04. The van der Waals surface area contributed by atoms with Gasteiger partial charge in [0.15, 0.2) is 17.3 Å².